The third-order valence-corrected chi connectivity index (χ3v) is 2.40. The van der Waals surface area contributed by atoms with E-state index in [4.69, 9.17) is 4.74 Å². The highest BCUT2D eigenvalue weighted by molar-refractivity contribution is 5.68. The van der Waals surface area contributed by atoms with Crippen LogP contribution in [0.1, 0.15) is 20.8 Å². The van der Waals surface area contributed by atoms with E-state index in [0.717, 1.165) is 19.6 Å². The van der Waals surface area contributed by atoms with Gasteiger partial charge >= 0.3 is 6.09 Å². The van der Waals surface area contributed by atoms with Gasteiger partial charge in [-0.15, -0.1) is 0 Å². The molecule has 1 aliphatic rings. The van der Waals surface area contributed by atoms with Crippen LogP contribution in [-0.4, -0.2) is 54.7 Å². The molecule has 0 radical (unpaired) electrons. The molecular weight excluding hydrogens is 180 g/mol. The number of amides is 1. The van der Waals surface area contributed by atoms with Crippen molar-refractivity contribution in [2.24, 2.45) is 0 Å². The molecular formula is C10H20N2O2. The van der Waals surface area contributed by atoms with Crippen LogP contribution in [0, 0.1) is 0 Å². The highest BCUT2D eigenvalue weighted by atomic mass is 16.6. The molecule has 0 N–H and O–H groups in total. The number of piperazine rings is 1. The molecule has 1 saturated heterocycles. The minimum absolute atomic E-state index is 0.0330. The molecule has 1 fully saturated rings. The Hall–Kier alpha value is -0.770. The first kappa shape index (κ1) is 11.3. The Kier molecular flexibility index (Phi) is 3.75. The molecule has 0 saturated carbocycles. The SMILES string of the molecule is CC(C)OC(=O)N1CCN(C)CC1C. The fourth-order valence-corrected chi connectivity index (χ4v) is 1.68. The zero-order valence-electron chi connectivity index (χ0n) is 9.49. The van der Waals surface area contributed by atoms with Gasteiger partial charge < -0.3 is 14.5 Å². The van der Waals surface area contributed by atoms with Crippen LogP contribution in [0.15, 0.2) is 0 Å². The number of hydrogen-bond donors (Lipinski definition) is 0. The molecule has 1 amide bonds. The van der Waals surface area contributed by atoms with Crippen molar-refractivity contribution in [3.8, 4) is 0 Å². The minimum atomic E-state index is -0.180. The highest BCUT2D eigenvalue weighted by Gasteiger charge is 2.27. The molecule has 0 aromatic rings. The molecule has 14 heavy (non-hydrogen) atoms. The van der Waals surface area contributed by atoms with Gasteiger partial charge in [0.15, 0.2) is 0 Å². The molecule has 0 aromatic heterocycles. The normalized spacial score (nSPS) is 24.1. The minimum Gasteiger partial charge on any atom is -0.447 e. The Morgan fingerprint density at radius 1 is 1.43 bits per heavy atom. The van der Waals surface area contributed by atoms with E-state index in [1.807, 2.05) is 13.8 Å². The number of likely N-dealkylation sites (N-methyl/N-ethyl adjacent to an activating group) is 1. The van der Waals surface area contributed by atoms with E-state index in [-0.39, 0.29) is 18.2 Å². The molecule has 0 bridgehead atoms. The molecule has 1 unspecified atom stereocenters. The summed E-state index contributed by atoms with van der Waals surface area (Å²) in [5.41, 5.74) is 0. The third-order valence-electron chi connectivity index (χ3n) is 2.40. The van der Waals surface area contributed by atoms with E-state index in [1.54, 1.807) is 4.90 Å². The monoisotopic (exact) mass is 200 g/mol. The standard InChI is InChI=1S/C10H20N2O2/c1-8(2)14-10(13)12-6-5-11(4)7-9(12)3/h8-9H,5-7H2,1-4H3. The lowest BCUT2D eigenvalue weighted by Crippen LogP contribution is -2.53. The summed E-state index contributed by atoms with van der Waals surface area (Å²) in [6.45, 7) is 8.42. The van der Waals surface area contributed by atoms with Crippen LogP contribution in [0.2, 0.25) is 0 Å². The average molecular weight is 200 g/mol. The fourth-order valence-electron chi connectivity index (χ4n) is 1.68. The van der Waals surface area contributed by atoms with Crippen LogP contribution < -0.4 is 0 Å². The summed E-state index contributed by atoms with van der Waals surface area (Å²) >= 11 is 0. The van der Waals surface area contributed by atoms with Crippen LogP contribution in [0.4, 0.5) is 4.79 Å². The van der Waals surface area contributed by atoms with Crippen LogP contribution in [-0.2, 0) is 4.74 Å². The number of carbonyl (C=O) groups excluding carboxylic acids is 1. The van der Waals surface area contributed by atoms with Crippen LogP contribution in [0.5, 0.6) is 0 Å². The molecule has 1 atom stereocenters. The lowest BCUT2D eigenvalue weighted by Gasteiger charge is -2.37. The van der Waals surface area contributed by atoms with Gasteiger partial charge in [-0.2, -0.15) is 0 Å². The molecule has 82 valence electrons. The maximum Gasteiger partial charge on any atom is 0.410 e. The van der Waals surface area contributed by atoms with Crippen molar-refractivity contribution in [2.45, 2.75) is 32.9 Å². The number of carbonyl (C=O) groups is 1. The number of rotatable bonds is 1. The smallest absolute Gasteiger partial charge is 0.410 e. The topological polar surface area (TPSA) is 32.8 Å². The summed E-state index contributed by atoms with van der Waals surface area (Å²) in [7, 11) is 2.07. The van der Waals surface area contributed by atoms with Gasteiger partial charge in [0.1, 0.15) is 0 Å². The summed E-state index contributed by atoms with van der Waals surface area (Å²) in [4.78, 5) is 15.6. The Balaban J connectivity index is 2.47. The van der Waals surface area contributed by atoms with Gasteiger partial charge in [-0.25, -0.2) is 4.79 Å². The quantitative estimate of drug-likeness (QED) is 0.637. The van der Waals surface area contributed by atoms with Crippen molar-refractivity contribution in [3.05, 3.63) is 0 Å². The second-order valence-corrected chi connectivity index (χ2v) is 4.24. The van der Waals surface area contributed by atoms with Gasteiger partial charge in [-0.1, -0.05) is 0 Å². The van der Waals surface area contributed by atoms with Gasteiger partial charge in [0.05, 0.1) is 6.10 Å². The lowest BCUT2D eigenvalue weighted by molar-refractivity contribution is 0.0420. The molecule has 0 aromatic carbocycles. The van der Waals surface area contributed by atoms with Crippen molar-refractivity contribution in [2.75, 3.05) is 26.7 Å². The predicted molar refractivity (Wildman–Crippen MR) is 55.3 cm³/mol. The Morgan fingerprint density at radius 3 is 2.57 bits per heavy atom. The van der Waals surface area contributed by atoms with Gasteiger partial charge in [0.25, 0.3) is 0 Å². The van der Waals surface area contributed by atoms with Gasteiger partial charge in [0.2, 0.25) is 0 Å². The third kappa shape index (κ3) is 2.87. The average Bonchev–Trinajstić information content (AvgIpc) is 2.01. The van der Waals surface area contributed by atoms with E-state index in [1.165, 1.54) is 0 Å². The first-order valence-electron chi connectivity index (χ1n) is 5.16. The van der Waals surface area contributed by atoms with E-state index < -0.39 is 0 Å². The van der Waals surface area contributed by atoms with Gasteiger partial charge in [-0.05, 0) is 27.8 Å². The molecule has 0 aliphatic carbocycles. The first-order chi connectivity index (χ1) is 6.50. The molecule has 4 heteroatoms. The van der Waals surface area contributed by atoms with Crippen LogP contribution >= 0.6 is 0 Å². The van der Waals surface area contributed by atoms with E-state index >= 15 is 0 Å². The van der Waals surface area contributed by atoms with Crippen molar-refractivity contribution < 1.29 is 9.53 Å². The van der Waals surface area contributed by atoms with E-state index in [9.17, 15) is 4.79 Å². The van der Waals surface area contributed by atoms with E-state index in [2.05, 4.69) is 18.9 Å². The number of ether oxygens (including phenoxy) is 1. The molecule has 1 aliphatic heterocycles. The zero-order valence-corrected chi connectivity index (χ0v) is 9.49. The largest absolute Gasteiger partial charge is 0.447 e. The van der Waals surface area contributed by atoms with Crippen molar-refractivity contribution in [3.63, 3.8) is 0 Å². The predicted octanol–water partition coefficient (Wildman–Crippen LogP) is 1.17. The van der Waals surface area contributed by atoms with Crippen molar-refractivity contribution >= 4 is 6.09 Å². The fraction of sp³-hybridized carbons (Fsp3) is 0.900. The second kappa shape index (κ2) is 4.64. The van der Waals surface area contributed by atoms with Crippen LogP contribution in [0.3, 0.4) is 0 Å². The maximum absolute atomic E-state index is 11.6. The van der Waals surface area contributed by atoms with Gasteiger partial charge in [-0.3, -0.25) is 0 Å². The summed E-state index contributed by atoms with van der Waals surface area (Å²) in [5.74, 6) is 0. The summed E-state index contributed by atoms with van der Waals surface area (Å²) in [6, 6.07) is 0.250. The molecule has 1 heterocycles. The Bertz CT molecular complexity index is 206. The van der Waals surface area contributed by atoms with Crippen LogP contribution in [0.25, 0.3) is 0 Å². The molecule has 0 spiro atoms. The maximum atomic E-state index is 11.6. The number of hydrogen-bond acceptors (Lipinski definition) is 3. The number of nitrogens with zero attached hydrogens (tertiary/aromatic N) is 2. The Labute approximate surface area is 85.8 Å². The molecule has 1 rings (SSSR count). The van der Waals surface area contributed by atoms with Crippen molar-refractivity contribution in [1.29, 1.82) is 0 Å². The van der Waals surface area contributed by atoms with Crippen molar-refractivity contribution in [1.82, 2.24) is 9.80 Å². The summed E-state index contributed by atoms with van der Waals surface area (Å²) in [5, 5.41) is 0. The van der Waals surface area contributed by atoms with Gasteiger partial charge in [0, 0.05) is 25.7 Å². The van der Waals surface area contributed by atoms with E-state index in [0.29, 0.717) is 0 Å². The lowest BCUT2D eigenvalue weighted by atomic mass is 10.2. The first-order valence-corrected chi connectivity index (χ1v) is 5.16. The zero-order chi connectivity index (χ0) is 10.7. The summed E-state index contributed by atoms with van der Waals surface area (Å²) < 4.78 is 5.16. The summed E-state index contributed by atoms with van der Waals surface area (Å²) in [6.07, 6.45) is -0.213. The second-order valence-electron chi connectivity index (χ2n) is 4.24. The highest BCUT2D eigenvalue weighted by Crippen LogP contribution is 2.10. The molecule has 4 nitrogen and oxygen atoms in total. The Morgan fingerprint density at radius 2 is 2.07 bits per heavy atom.